The van der Waals surface area contributed by atoms with Crippen LogP contribution in [0.4, 0.5) is 4.39 Å². The minimum atomic E-state index is -3.82. The van der Waals surface area contributed by atoms with Gasteiger partial charge < -0.3 is 9.47 Å². The van der Waals surface area contributed by atoms with Crippen LogP contribution in [0.25, 0.3) is 0 Å². The Morgan fingerprint density at radius 2 is 1.89 bits per heavy atom. The molecule has 28 heavy (non-hydrogen) atoms. The zero-order valence-corrected chi connectivity index (χ0v) is 16.5. The summed E-state index contributed by atoms with van der Waals surface area (Å²) in [5.74, 6) is -0.807. The Morgan fingerprint density at radius 3 is 2.39 bits per heavy atom. The number of carbonyl (C=O) groups is 1. The molecule has 2 heterocycles. The third-order valence-corrected chi connectivity index (χ3v) is 6.09. The van der Waals surface area contributed by atoms with E-state index in [9.17, 15) is 17.6 Å². The van der Waals surface area contributed by atoms with Gasteiger partial charge in [0.15, 0.2) is 21.9 Å². The fourth-order valence-electron chi connectivity index (χ4n) is 3.32. The van der Waals surface area contributed by atoms with Crippen LogP contribution in [0, 0.1) is 5.82 Å². The predicted molar refractivity (Wildman–Crippen MR) is 101 cm³/mol. The highest BCUT2D eigenvalue weighted by Gasteiger charge is 2.58. The van der Waals surface area contributed by atoms with Crippen molar-refractivity contribution in [2.75, 3.05) is 6.26 Å². The summed E-state index contributed by atoms with van der Waals surface area (Å²) in [6.07, 6.45) is 2.78. The summed E-state index contributed by atoms with van der Waals surface area (Å²) in [4.78, 5) is 16.0. The van der Waals surface area contributed by atoms with Crippen molar-refractivity contribution in [3.05, 3.63) is 70.7 Å². The summed E-state index contributed by atoms with van der Waals surface area (Å²) in [6, 6.07) is 10.9. The number of rotatable bonds is 6. The molecule has 0 radical (unpaired) electrons. The molecule has 0 N–H and O–H groups in total. The van der Waals surface area contributed by atoms with Crippen molar-refractivity contribution in [3.63, 3.8) is 0 Å². The maximum atomic E-state index is 13.2. The molecule has 0 fully saturated rings. The van der Waals surface area contributed by atoms with Crippen molar-refractivity contribution in [3.8, 4) is 5.88 Å². The molecule has 6 nitrogen and oxygen atoms in total. The molecule has 1 unspecified atom stereocenters. The number of halogens is 1. The van der Waals surface area contributed by atoms with Gasteiger partial charge in [-0.1, -0.05) is 37.3 Å². The molecule has 2 atom stereocenters. The van der Waals surface area contributed by atoms with E-state index in [-0.39, 0.29) is 23.0 Å². The normalized spacial score (nSPS) is 25.0. The van der Waals surface area contributed by atoms with E-state index >= 15 is 0 Å². The second-order valence-electron chi connectivity index (χ2n) is 6.75. The fraction of sp³-hybridized carbons (Fsp3) is 0.300. The van der Waals surface area contributed by atoms with Gasteiger partial charge in [-0.15, -0.1) is 0 Å². The average molecular weight is 405 g/mol. The monoisotopic (exact) mass is 405 g/mol. The summed E-state index contributed by atoms with van der Waals surface area (Å²) >= 11 is 0. The number of nitrogens with zero attached hydrogens (tertiary/aromatic N) is 1. The van der Waals surface area contributed by atoms with Crippen LogP contribution in [0.15, 0.2) is 59.3 Å². The van der Waals surface area contributed by atoms with Crippen molar-refractivity contribution in [2.24, 2.45) is 0 Å². The molecule has 0 amide bonds. The van der Waals surface area contributed by atoms with Crippen molar-refractivity contribution in [2.45, 2.75) is 31.5 Å². The first kappa shape index (κ1) is 20.2. The minimum absolute atomic E-state index is 0.0522. The Balaban J connectivity index is 2.31. The molecular formula is C20H20FNO5S. The molecule has 3 rings (SSSR count). The van der Waals surface area contributed by atoms with Crippen molar-refractivity contribution < 1.29 is 27.1 Å². The lowest BCUT2D eigenvalue weighted by molar-refractivity contribution is -0.141. The molecule has 1 aliphatic rings. The number of hydrogen-bond donors (Lipinski definition) is 0. The molecular weight excluding hydrogens is 385 g/mol. The van der Waals surface area contributed by atoms with Crippen LogP contribution < -0.4 is 4.74 Å². The molecule has 2 aromatic rings. The number of benzene rings is 1. The van der Waals surface area contributed by atoms with Gasteiger partial charge >= 0.3 is 0 Å². The van der Waals surface area contributed by atoms with Gasteiger partial charge in [-0.2, -0.15) is 0 Å². The standard InChI is InChI=1S/C20H20FNO5S/c1-4-19(2)18(28(3,24)25)17(26-16-11-10-15(21)12-22-16)20(13-23,27-19)14-8-6-5-7-9-14/h5-13H,4H2,1-3H3/t19-,20?/m1/s1. The number of carbonyl (C=O) groups excluding carboxylic acids is 1. The topological polar surface area (TPSA) is 82.6 Å². The highest BCUT2D eigenvalue weighted by atomic mass is 32.2. The van der Waals surface area contributed by atoms with Crippen molar-refractivity contribution in [1.82, 2.24) is 4.98 Å². The van der Waals surface area contributed by atoms with E-state index in [1.54, 1.807) is 44.2 Å². The summed E-state index contributed by atoms with van der Waals surface area (Å²) in [6.45, 7) is 3.35. The van der Waals surface area contributed by atoms with E-state index in [0.717, 1.165) is 18.5 Å². The number of aromatic nitrogens is 1. The predicted octanol–water partition coefficient (Wildman–Crippen LogP) is 3.15. The summed E-state index contributed by atoms with van der Waals surface area (Å²) in [7, 11) is -3.82. The van der Waals surface area contributed by atoms with Crippen LogP contribution in [0.5, 0.6) is 5.88 Å². The zero-order chi connectivity index (χ0) is 20.6. The molecule has 0 aliphatic carbocycles. The van der Waals surface area contributed by atoms with E-state index in [2.05, 4.69) is 4.98 Å². The van der Waals surface area contributed by atoms with E-state index < -0.39 is 26.9 Å². The highest BCUT2D eigenvalue weighted by Crippen LogP contribution is 2.51. The van der Waals surface area contributed by atoms with E-state index in [4.69, 9.17) is 9.47 Å². The molecule has 1 aromatic carbocycles. The van der Waals surface area contributed by atoms with E-state index in [1.807, 2.05) is 0 Å². The fourth-order valence-corrected chi connectivity index (χ4v) is 4.82. The lowest BCUT2D eigenvalue weighted by Gasteiger charge is -2.30. The summed E-state index contributed by atoms with van der Waals surface area (Å²) < 4.78 is 50.5. The first-order valence-corrected chi connectivity index (χ1v) is 10.5. The van der Waals surface area contributed by atoms with Crippen molar-refractivity contribution >= 4 is 16.1 Å². The Morgan fingerprint density at radius 1 is 1.21 bits per heavy atom. The number of pyridine rings is 1. The maximum Gasteiger partial charge on any atom is 0.219 e. The number of aldehydes is 1. The molecule has 0 spiro atoms. The zero-order valence-electron chi connectivity index (χ0n) is 15.7. The lowest BCUT2D eigenvalue weighted by atomic mass is 9.93. The lowest BCUT2D eigenvalue weighted by Crippen LogP contribution is -2.37. The number of sulfone groups is 1. The van der Waals surface area contributed by atoms with Crippen LogP contribution >= 0.6 is 0 Å². The number of hydrogen-bond acceptors (Lipinski definition) is 6. The van der Waals surface area contributed by atoms with Gasteiger partial charge in [0.1, 0.15) is 16.3 Å². The second-order valence-corrected chi connectivity index (χ2v) is 8.71. The third kappa shape index (κ3) is 3.33. The van der Waals surface area contributed by atoms with Crippen LogP contribution in [0.1, 0.15) is 25.8 Å². The molecule has 8 heteroatoms. The van der Waals surface area contributed by atoms with Crippen molar-refractivity contribution in [1.29, 1.82) is 0 Å². The van der Waals surface area contributed by atoms with Gasteiger partial charge in [-0.25, -0.2) is 17.8 Å². The average Bonchev–Trinajstić information content (AvgIpc) is 2.94. The van der Waals surface area contributed by atoms with Gasteiger partial charge in [0.2, 0.25) is 11.5 Å². The van der Waals surface area contributed by atoms with Crippen LogP contribution in [-0.2, 0) is 25.0 Å². The minimum Gasteiger partial charge on any atom is -0.438 e. The van der Waals surface area contributed by atoms with Crippen LogP contribution in [0.2, 0.25) is 0 Å². The van der Waals surface area contributed by atoms with Gasteiger partial charge in [0.25, 0.3) is 0 Å². The summed E-state index contributed by atoms with van der Waals surface area (Å²) in [5.41, 5.74) is -2.65. The summed E-state index contributed by atoms with van der Waals surface area (Å²) in [5, 5.41) is 0. The van der Waals surface area contributed by atoms with Crippen LogP contribution in [-0.4, -0.2) is 31.5 Å². The molecule has 0 saturated carbocycles. The molecule has 1 aliphatic heterocycles. The smallest absolute Gasteiger partial charge is 0.219 e. The first-order chi connectivity index (χ1) is 13.2. The Labute approximate surface area is 162 Å². The van der Waals surface area contributed by atoms with E-state index in [0.29, 0.717) is 11.8 Å². The van der Waals surface area contributed by atoms with E-state index in [1.165, 1.54) is 6.07 Å². The molecule has 0 bridgehead atoms. The van der Waals surface area contributed by atoms with Gasteiger partial charge in [0.05, 0.1) is 6.20 Å². The molecule has 1 aromatic heterocycles. The first-order valence-electron chi connectivity index (χ1n) is 8.63. The SMILES string of the molecule is CC[C@@]1(C)OC(C=O)(c2ccccc2)C(Oc2ccc(F)cn2)=C1S(C)(=O)=O. The third-order valence-electron chi connectivity index (χ3n) is 4.73. The maximum absolute atomic E-state index is 13.2. The van der Waals surface area contributed by atoms with Gasteiger partial charge in [0, 0.05) is 12.3 Å². The quantitative estimate of drug-likeness (QED) is 0.687. The molecule has 0 saturated heterocycles. The second kappa shape index (κ2) is 7.10. The Kier molecular flexibility index (Phi) is 5.12. The number of ether oxygens (including phenoxy) is 2. The van der Waals surface area contributed by atoms with Gasteiger partial charge in [-0.05, 0) is 25.0 Å². The highest BCUT2D eigenvalue weighted by molar-refractivity contribution is 7.94. The van der Waals surface area contributed by atoms with Gasteiger partial charge in [-0.3, -0.25) is 4.79 Å². The van der Waals surface area contributed by atoms with Crippen LogP contribution in [0.3, 0.4) is 0 Å². The molecule has 148 valence electrons. The Bertz CT molecular complexity index is 1020. The largest absolute Gasteiger partial charge is 0.438 e. The Hall–Kier alpha value is -2.58.